The van der Waals surface area contributed by atoms with E-state index in [2.05, 4.69) is 50.4 Å². The van der Waals surface area contributed by atoms with Crippen molar-refractivity contribution >= 4 is 41.3 Å². The van der Waals surface area contributed by atoms with Crippen LogP contribution >= 0.6 is 15.9 Å². The van der Waals surface area contributed by atoms with Crippen LogP contribution in [0.25, 0.3) is 11.2 Å². The Hall–Kier alpha value is -2.23. The van der Waals surface area contributed by atoms with E-state index in [9.17, 15) is 4.79 Å². The largest absolute Gasteiger partial charge is 0.445 e. The van der Waals surface area contributed by atoms with E-state index in [1.54, 1.807) is 0 Å². The van der Waals surface area contributed by atoms with Crippen LogP contribution in [-0.2, 0) is 22.8 Å². The predicted octanol–water partition coefficient (Wildman–Crippen LogP) is 6.91. The number of alkyl carbamates (subject to hydrolysis) is 1. The molecule has 0 aliphatic heterocycles. The maximum Gasteiger partial charge on any atom is 0.408 e. The average molecular weight is 586 g/mol. The topological polar surface area (TPSA) is 78.3 Å². The van der Waals surface area contributed by atoms with Gasteiger partial charge in [0.15, 0.2) is 5.65 Å². The summed E-state index contributed by atoms with van der Waals surface area (Å²) in [5.41, 5.74) is 2.54. The number of carbonyl (C=O) groups excluding carboxylic acids is 1. The summed E-state index contributed by atoms with van der Waals surface area (Å²) in [7, 11) is -1.21. The predicted molar refractivity (Wildman–Crippen MR) is 151 cm³/mol. The Kier molecular flexibility index (Phi) is 8.02. The van der Waals surface area contributed by atoms with Crippen LogP contribution in [0, 0.1) is 17.8 Å². The first kappa shape index (κ1) is 26.4. The van der Waals surface area contributed by atoms with Gasteiger partial charge in [0.05, 0.1) is 11.6 Å². The van der Waals surface area contributed by atoms with Crippen molar-refractivity contribution in [2.75, 3.05) is 6.61 Å². The molecule has 1 unspecified atom stereocenters. The zero-order valence-electron chi connectivity index (χ0n) is 22.0. The third kappa shape index (κ3) is 7.00. The fourth-order valence-corrected chi connectivity index (χ4v) is 6.08. The highest BCUT2D eigenvalue weighted by Gasteiger charge is 2.48. The highest BCUT2D eigenvalue weighted by Crippen LogP contribution is 2.54. The molecule has 1 aromatic carbocycles. The summed E-state index contributed by atoms with van der Waals surface area (Å²) < 4.78 is 14.7. The lowest BCUT2D eigenvalue weighted by Gasteiger charge is -2.28. The van der Waals surface area contributed by atoms with E-state index < -0.39 is 14.2 Å². The normalized spacial score (nSPS) is 16.8. The fourth-order valence-electron chi connectivity index (χ4n) is 5.03. The van der Waals surface area contributed by atoms with Crippen LogP contribution in [-0.4, -0.2) is 35.3 Å². The fraction of sp³-hybridized carbons (Fsp3) is 0.536. The number of ether oxygens (including phenoxy) is 2. The molecule has 0 spiro atoms. The molecule has 3 aromatic rings. The summed E-state index contributed by atoms with van der Waals surface area (Å²) in [6.45, 7) is 8.40. The minimum atomic E-state index is -1.21. The standard InChI is InChI=1S/C28H37BrN4O3Si/c1-37(2,3)16-15-35-18-33-22-13-14-23(29)30-26(22)32-27(33)25(24(20-9-10-20)21-11-12-21)31-28(34)36-17-19-7-5-4-6-8-19/h4-8,13-14,20-21,24-25H,9-12,15-18H2,1-3H3,(H,31,34). The Bertz CT molecular complexity index is 1210. The average Bonchev–Trinajstić information content (AvgIpc) is 3.79. The number of aromatic nitrogens is 3. The number of benzene rings is 1. The van der Waals surface area contributed by atoms with Gasteiger partial charge in [-0.1, -0.05) is 50.0 Å². The second-order valence-electron chi connectivity index (χ2n) is 11.7. The molecule has 2 fully saturated rings. The number of hydrogen-bond acceptors (Lipinski definition) is 5. The molecule has 2 aliphatic rings. The van der Waals surface area contributed by atoms with Crippen LogP contribution in [0.15, 0.2) is 47.1 Å². The van der Waals surface area contributed by atoms with Gasteiger partial charge in [-0.2, -0.15) is 0 Å². The highest BCUT2D eigenvalue weighted by atomic mass is 79.9. The van der Waals surface area contributed by atoms with Crippen LogP contribution in [0.1, 0.15) is 43.1 Å². The van der Waals surface area contributed by atoms with Crippen molar-refractivity contribution < 1.29 is 14.3 Å². The Morgan fingerprint density at radius 2 is 1.78 bits per heavy atom. The summed E-state index contributed by atoms with van der Waals surface area (Å²) in [5.74, 6) is 2.36. The van der Waals surface area contributed by atoms with Crippen molar-refractivity contribution in [2.45, 2.75) is 70.7 Å². The van der Waals surface area contributed by atoms with Gasteiger partial charge in [0.2, 0.25) is 0 Å². The molecule has 0 saturated heterocycles. The number of fused-ring (bicyclic) bond motifs is 1. The second-order valence-corrected chi connectivity index (χ2v) is 18.1. The van der Waals surface area contributed by atoms with E-state index in [4.69, 9.17) is 14.5 Å². The molecule has 9 heteroatoms. The number of carbonyl (C=O) groups is 1. The molecule has 1 N–H and O–H groups in total. The van der Waals surface area contributed by atoms with Crippen molar-refractivity contribution in [3.8, 4) is 0 Å². The third-order valence-corrected chi connectivity index (χ3v) is 9.45. The number of nitrogens with one attached hydrogen (secondary N) is 1. The van der Waals surface area contributed by atoms with Gasteiger partial charge in [0.1, 0.15) is 23.8 Å². The molecule has 1 amide bonds. The third-order valence-electron chi connectivity index (χ3n) is 7.31. The Morgan fingerprint density at radius 1 is 1.08 bits per heavy atom. The molecular formula is C28H37BrN4O3Si. The smallest absolute Gasteiger partial charge is 0.408 e. The minimum absolute atomic E-state index is 0.238. The van der Waals surface area contributed by atoms with Gasteiger partial charge < -0.3 is 19.4 Å². The van der Waals surface area contributed by atoms with E-state index in [0.29, 0.717) is 36.7 Å². The van der Waals surface area contributed by atoms with Gasteiger partial charge in [0.25, 0.3) is 0 Å². The highest BCUT2D eigenvalue weighted by molar-refractivity contribution is 9.10. The van der Waals surface area contributed by atoms with Gasteiger partial charge in [-0.25, -0.2) is 14.8 Å². The minimum Gasteiger partial charge on any atom is -0.445 e. The molecule has 0 radical (unpaired) electrons. The van der Waals surface area contributed by atoms with Crippen molar-refractivity contribution in [2.24, 2.45) is 17.8 Å². The summed E-state index contributed by atoms with van der Waals surface area (Å²) in [4.78, 5) is 22.8. The first-order valence-corrected chi connectivity index (χ1v) is 17.9. The Balaban J connectivity index is 1.43. The van der Waals surface area contributed by atoms with Crippen molar-refractivity contribution in [3.63, 3.8) is 0 Å². The summed E-state index contributed by atoms with van der Waals surface area (Å²) >= 11 is 3.49. The van der Waals surface area contributed by atoms with E-state index in [0.717, 1.165) is 27.6 Å². The van der Waals surface area contributed by atoms with Gasteiger partial charge in [-0.15, -0.1) is 0 Å². The summed E-state index contributed by atoms with van der Waals surface area (Å²) in [6, 6.07) is 14.6. The first-order chi connectivity index (χ1) is 17.8. The van der Waals surface area contributed by atoms with Crippen LogP contribution in [0.5, 0.6) is 0 Å². The quantitative estimate of drug-likeness (QED) is 0.142. The number of amides is 1. The zero-order chi connectivity index (χ0) is 26.0. The number of pyridine rings is 1. The molecule has 7 nitrogen and oxygen atoms in total. The number of rotatable bonds is 12. The van der Waals surface area contributed by atoms with Crippen molar-refractivity contribution in [1.29, 1.82) is 0 Å². The molecule has 198 valence electrons. The van der Waals surface area contributed by atoms with Crippen LogP contribution in [0.3, 0.4) is 0 Å². The van der Waals surface area contributed by atoms with Crippen molar-refractivity contribution in [1.82, 2.24) is 19.9 Å². The van der Waals surface area contributed by atoms with Crippen LogP contribution < -0.4 is 5.32 Å². The van der Waals surface area contributed by atoms with E-state index in [-0.39, 0.29) is 12.6 Å². The van der Waals surface area contributed by atoms with E-state index >= 15 is 0 Å². The lowest BCUT2D eigenvalue weighted by molar-refractivity contribution is 0.0833. The lowest BCUT2D eigenvalue weighted by Crippen LogP contribution is -2.37. The summed E-state index contributed by atoms with van der Waals surface area (Å²) in [5, 5.41) is 3.24. The van der Waals surface area contributed by atoms with Gasteiger partial charge in [-0.05, 0) is 83.1 Å². The molecule has 2 aromatic heterocycles. The number of imidazole rings is 1. The van der Waals surface area contributed by atoms with Gasteiger partial charge in [0, 0.05) is 14.7 Å². The summed E-state index contributed by atoms with van der Waals surface area (Å²) in [6.07, 6.45) is 4.40. The Labute approximate surface area is 228 Å². The van der Waals surface area contributed by atoms with Crippen LogP contribution in [0.4, 0.5) is 4.79 Å². The van der Waals surface area contributed by atoms with Crippen LogP contribution in [0.2, 0.25) is 25.7 Å². The monoisotopic (exact) mass is 584 g/mol. The number of halogens is 1. The maximum atomic E-state index is 13.1. The van der Waals surface area contributed by atoms with Gasteiger partial charge in [-0.3, -0.25) is 0 Å². The van der Waals surface area contributed by atoms with Crippen molar-refractivity contribution in [3.05, 3.63) is 58.5 Å². The maximum absolute atomic E-state index is 13.1. The second kappa shape index (κ2) is 11.3. The SMILES string of the molecule is C[Si](C)(C)CCOCn1c(C(NC(=O)OCc2ccccc2)C(C2CC2)C2CC2)nc2nc(Br)ccc21. The van der Waals surface area contributed by atoms with E-state index in [1.165, 1.54) is 25.7 Å². The molecule has 2 saturated carbocycles. The lowest BCUT2D eigenvalue weighted by atomic mass is 9.89. The van der Waals surface area contributed by atoms with E-state index in [1.807, 2.05) is 42.5 Å². The number of nitrogens with zero attached hydrogens (tertiary/aromatic N) is 3. The molecule has 5 rings (SSSR count). The molecular weight excluding hydrogens is 548 g/mol. The molecule has 37 heavy (non-hydrogen) atoms. The number of hydrogen-bond donors (Lipinski definition) is 1. The molecule has 2 heterocycles. The molecule has 1 atom stereocenters. The van der Waals surface area contributed by atoms with Gasteiger partial charge >= 0.3 is 6.09 Å². The zero-order valence-corrected chi connectivity index (χ0v) is 24.5. The Morgan fingerprint density at radius 3 is 2.43 bits per heavy atom. The first-order valence-electron chi connectivity index (χ1n) is 13.4. The molecule has 2 aliphatic carbocycles. The molecule has 0 bridgehead atoms.